The first-order valence-electron chi connectivity index (χ1n) is 16.8. The van der Waals surface area contributed by atoms with Crippen molar-refractivity contribution in [3.8, 4) is 23.0 Å². The van der Waals surface area contributed by atoms with E-state index in [9.17, 15) is 0 Å². The maximum atomic E-state index is 6.55. The minimum atomic E-state index is -0.0190. The van der Waals surface area contributed by atoms with Crippen molar-refractivity contribution < 1.29 is 4.74 Å². The fourth-order valence-corrected chi connectivity index (χ4v) is 7.75. The van der Waals surface area contributed by atoms with Crippen LogP contribution >= 0.6 is 0 Å². The summed E-state index contributed by atoms with van der Waals surface area (Å²) in [5.74, 6) is 2.30. The van der Waals surface area contributed by atoms with Crippen LogP contribution in [0.3, 0.4) is 0 Å². The highest BCUT2D eigenvalue weighted by Gasteiger charge is 2.57. The lowest BCUT2D eigenvalue weighted by Gasteiger charge is -2.44. The summed E-state index contributed by atoms with van der Waals surface area (Å²) in [6.45, 7) is 21.2. The molecule has 0 saturated carbocycles. The van der Waals surface area contributed by atoms with Gasteiger partial charge in [-0.25, -0.2) is 9.97 Å². The molecule has 1 aliphatic rings. The van der Waals surface area contributed by atoms with Crippen LogP contribution in [0.1, 0.15) is 79.0 Å². The second-order valence-corrected chi connectivity index (χ2v) is 16.0. The summed E-state index contributed by atoms with van der Waals surface area (Å²) >= 11 is 0. The topological polar surface area (TPSA) is 57.8 Å². The van der Waals surface area contributed by atoms with Gasteiger partial charge in [0, 0.05) is 29.1 Å². The van der Waals surface area contributed by atoms with Crippen LogP contribution in [0.4, 0.5) is 0 Å². The molecule has 3 aromatic carbocycles. The van der Waals surface area contributed by atoms with Gasteiger partial charge in [0.25, 0.3) is 0 Å². The Morgan fingerprint density at radius 2 is 1.40 bits per heavy atom. The van der Waals surface area contributed by atoms with E-state index in [0.29, 0.717) is 5.75 Å². The van der Waals surface area contributed by atoms with E-state index in [-0.39, 0.29) is 21.7 Å². The van der Waals surface area contributed by atoms with E-state index in [1.807, 2.05) is 47.6 Å². The number of hydrogen-bond donors (Lipinski definition) is 0. The number of benzene rings is 3. The van der Waals surface area contributed by atoms with Gasteiger partial charge in [-0.1, -0.05) is 74.4 Å². The summed E-state index contributed by atoms with van der Waals surface area (Å²) in [5.41, 5.74) is 9.19. The Balaban J connectivity index is 1.31. The third-order valence-electron chi connectivity index (χ3n) is 11.9. The van der Waals surface area contributed by atoms with Crippen LogP contribution < -0.4 is 4.74 Å². The Bertz CT molecular complexity index is 2400. The van der Waals surface area contributed by atoms with Gasteiger partial charge in [0.1, 0.15) is 23.6 Å². The fraction of sp³-hybridized carbons (Fsp3) is 0.310. The molecule has 0 fully saturated rings. The number of nitrogens with zero attached hydrogens (tertiary/aromatic N) is 5. The quantitative estimate of drug-likeness (QED) is 0.194. The highest BCUT2D eigenvalue weighted by atomic mass is 16.5. The van der Waals surface area contributed by atoms with Crippen molar-refractivity contribution in [2.75, 3.05) is 0 Å². The molecule has 7 aromatic rings. The first kappa shape index (κ1) is 30.4. The Hall–Kier alpha value is -4.97. The van der Waals surface area contributed by atoms with Crippen LogP contribution in [0, 0.1) is 5.41 Å². The van der Waals surface area contributed by atoms with Gasteiger partial charge in [0.2, 0.25) is 0 Å². The Morgan fingerprint density at radius 1 is 0.667 bits per heavy atom. The Kier molecular flexibility index (Phi) is 6.34. The maximum absolute atomic E-state index is 6.55. The average Bonchev–Trinajstić information content (AvgIpc) is 3.65. The van der Waals surface area contributed by atoms with Gasteiger partial charge in [-0.2, -0.15) is 0 Å². The standard InChI is InChI=1S/C42H43N5O/c1-39(2,3)26-16-17-44-38(18-26)47-36-20-28(48-29-19-27(23-43-24-29)46-25-45-34-12-10-11-13-35(34)46)14-15-30(36)31-21-32-33(22-37(31)47)41(6,7)42(8,9)40(32,4)5/h10-25H,1-9H3. The van der Waals surface area contributed by atoms with E-state index >= 15 is 0 Å². The van der Waals surface area contributed by atoms with E-state index in [4.69, 9.17) is 9.72 Å². The number of rotatable bonds is 4. The molecule has 0 atom stereocenters. The van der Waals surface area contributed by atoms with Crippen molar-refractivity contribution in [1.82, 2.24) is 24.1 Å². The van der Waals surface area contributed by atoms with Gasteiger partial charge < -0.3 is 4.74 Å². The van der Waals surface area contributed by atoms with Crippen molar-refractivity contribution in [3.05, 3.63) is 114 Å². The first-order valence-corrected chi connectivity index (χ1v) is 16.8. The third kappa shape index (κ3) is 4.27. The van der Waals surface area contributed by atoms with E-state index in [2.05, 4.69) is 125 Å². The highest BCUT2D eigenvalue weighted by molar-refractivity contribution is 6.10. The molecular formula is C42H43N5O. The zero-order valence-electron chi connectivity index (χ0n) is 29.4. The lowest BCUT2D eigenvalue weighted by Crippen LogP contribution is -2.42. The SMILES string of the molecule is CC(C)(C)c1ccnc(-n2c3cc(Oc4cncc(-n5cnc6ccccc65)c4)ccc3c3cc4c(cc32)C(C)(C)C(C)(C)C4(C)C)c1. The van der Waals surface area contributed by atoms with Crippen molar-refractivity contribution in [3.63, 3.8) is 0 Å². The monoisotopic (exact) mass is 633 g/mol. The molecule has 48 heavy (non-hydrogen) atoms. The molecule has 1 aliphatic carbocycles. The van der Waals surface area contributed by atoms with Gasteiger partial charge >= 0.3 is 0 Å². The van der Waals surface area contributed by atoms with Crippen molar-refractivity contribution >= 4 is 32.8 Å². The van der Waals surface area contributed by atoms with Gasteiger partial charge in [-0.3, -0.25) is 14.1 Å². The van der Waals surface area contributed by atoms with Gasteiger partial charge in [-0.15, -0.1) is 0 Å². The minimum Gasteiger partial charge on any atom is -0.456 e. The number of fused-ring (bicyclic) bond motifs is 5. The van der Waals surface area contributed by atoms with Crippen molar-refractivity contribution in [1.29, 1.82) is 0 Å². The lowest BCUT2D eigenvalue weighted by molar-refractivity contribution is 0.125. The minimum absolute atomic E-state index is 0.000476. The summed E-state index contributed by atoms with van der Waals surface area (Å²) in [6.07, 6.45) is 7.36. The predicted molar refractivity (Wildman–Crippen MR) is 196 cm³/mol. The van der Waals surface area contributed by atoms with Crippen molar-refractivity contribution in [2.24, 2.45) is 5.41 Å². The van der Waals surface area contributed by atoms with Gasteiger partial charge in [0.15, 0.2) is 0 Å². The molecule has 8 rings (SSSR count). The number of imidazole rings is 1. The van der Waals surface area contributed by atoms with Crippen LogP contribution in [0.15, 0.2) is 97.7 Å². The molecule has 242 valence electrons. The molecule has 0 N–H and O–H groups in total. The summed E-state index contributed by atoms with van der Waals surface area (Å²) in [7, 11) is 0. The second kappa shape index (κ2) is 10.0. The predicted octanol–water partition coefficient (Wildman–Crippen LogP) is 10.6. The summed E-state index contributed by atoms with van der Waals surface area (Å²) < 4.78 is 10.9. The normalized spacial score (nSPS) is 16.5. The van der Waals surface area contributed by atoms with Crippen LogP contribution in [0.25, 0.3) is 44.3 Å². The largest absolute Gasteiger partial charge is 0.456 e. The van der Waals surface area contributed by atoms with Gasteiger partial charge in [0.05, 0.1) is 40.1 Å². The zero-order chi connectivity index (χ0) is 33.8. The fourth-order valence-electron chi connectivity index (χ4n) is 7.75. The molecule has 0 aliphatic heterocycles. The third-order valence-corrected chi connectivity index (χ3v) is 11.9. The van der Waals surface area contributed by atoms with Crippen LogP contribution in [-0.4, -0.2) is 24.1 Å². The number of ether oxygens (including phenoxy) is 1. The molecule has 0 saturated heterocycles. The van der Waals surface area contributed by atoms with E-state index in [0.717, 1.165) is 39.3 Å². The molecule has 4 heterocycles. The lowest BCUT2D eigenvalue weighted by atomic mass is 9.59. The van der Waals surface area contributed by atoms with E-state index < -0.39 is 0 Å². The molecule has 0 amide bonds. The van der Waals surface area contributed by atoms with Gasteiger partial charge in [-0.05, 0) is 86.9 Å². The maximum Gasteiger partial charge on any atom is 0.147 e. The van der Waals surface area contributed by atoms with E-state index in [1.165, 1.54) is 27.5 Å². The molecular weight excluding hydrogens is 590 g/mol. The highest BCUT2D eigenvalue weighted by Crippen LogP contribution is 2.62. The molecule has 4 aromatic heterocycles. The molecule has 0 radical (unpaired) electrons. The number of hydrogen-bond acceptors (Lipinski definition) is 4. The van der Waals surface area contributed by atoms with Crippen LogP contribution in [0.2, 0.25) is 0 Å². The smallest absolute Gasteiger partial charge is 0.147 e. The number of aromatic nitrogens is 5. The second-order valence-electron chi connectivity index (χ2n) is 16.0. The number of para-hydroxylation sites is 2. The summed E-state index contributed by atoms with van der Waals surface area (Å²) in [4.78, 5) is 14.0. The molecule has 0 unspecified atom stereocenters. The summed E-state index contributed by atoms with van der Waals surface area (Å²) in [5, 5.41) is 2.41. The van der Waals surface area contributed by atoms with Crippen LogP contribution in [0.5, 0.6) is 11.5 Å². The summed E-state index contributed by atoms with van der Waals surface area (Å²) in [6, 6.07) is 25.8. The average molecular weight is 634 g/mol. The zero-order valence-corrected chi connectivity index (χ0v) is 29.4. The van der Waals surface area contributed by atoms with Crippen LogP contribution in [-0.2, 0) is 16.2 Å². The molecule has 0 bridgehead atoms. The first-order chi connectivity index (χ1) is 22.7. The van der Waals surface area contributed by atoms with E-state index in [1.54, 1.807) is 6.20 Å². The Labute approximate surface area is 282 Å². The molecule has 6 nitrogen and oxygen atoms in total. The molecule has 6 heteroatoms. The number of pyridine rings is 2. The van der Waals surface area contributed by atoms with Crippen molar-refractivity contribution in [2.45, 2.75) is 78.6 Å². The Morgan fingerprint density at radius 3 is 2.17 bits per heavy atom. The molecule has 0 spiro atoms.